The summed E-state index contributed by atoms with van der Waals surface area (Å²) in [5.41, 5.74) is 29.1. The highest BCUT2D eigenvalue weighted by Crippen LogP contribution is 2.61. The van der Waals surface area contributed by atoms with E-state index in [4.69, 9.17) is 0 Å². The number of rotatable bonds is 6. The van der Waals surface area contributed by atoms with Gasteiger partial charge in [-0.3, -0.25) is 0 Å². The fraction of sp³-hybridized carbons (Fsp3) is 0.118. The van der Waals surface area contributed by atoms with Crippen molar-refractivity contribution in [2.45, 2.75) is 50.9 Å². The molecule has 0 saturated heterocycles. The summed E-state index contributed by atoms with van der Waals surface area (Å²) in [6.07, 6.45) is 0. The standard InChI is InChI=1S/C68H52/c1-43-21-15-39-60-62(43)65-53(52-29-10-9-28-49(52)44-22-7-6-8-23-44)34-20-40-61(65)68(60,47-26-16-24-45(41-47)50-32-18-37-58-63(50)54-30-11-13-35-56(54)66(58,2)3)48-27-17-25-46(42-48)51-33-19-38-59-64(51)55-31-12-14-36-57(55)67(59,4)5/h6-42H,1-5H3. The largest absolute Gasteiger partial charge is 0.0714 e. The molecule has 0 radical (unpaired) electrons. The highest BCUT2D eigenvalue weighted by atomic mass is 14.5. The van der Waals surface area contributed by atoms with Gasteiger partial charge in [-0.15, -0.1) is 0 Å². The van der Waals surface area contributed by atoms with E-state index in [-0.39, 0.29) is 10.8 Å². The maximum atomic E-state index is 2.53. The molecule has 0 heterocycles. The van der Waals surface area contributed by atoms with Gasteiger partial charge in [0.2, 0.25) is 0 Å². The summed E-state index contributed by atoms with van der Waals surface area (Å²) in [5, 5.41) is 0. The Kier molecular flexibility index (Phi) is 8.84. The van der Waals surface area contributed by atoms with Gasteiger partial charge < -0.3 is 0 Å². The molecule has 0 saturated carbocycles. The minimum absolute atomic E-state index is 0.0954. The van der Waals surface area contributed by atoms with Crippen LogP contribution in [-0.4, -0.2) is 0 Å². The molecule has 0 atom stereocenters. The van der Waals surface area contributed by atoms with Crippen LogP contribution in [0, 0.1) is 6.92 Å². The van der Waals surface area contributed by atoms with E-state index < -0.39 is 5.41 Å². The van der Waals surface area contributed by atoms with Crippen molar-refractivity contribution in [3.63, 3.8) is 0 Å². The maximum absolute atomic E-state index is 2.53. The molecule has 324 valence electrons. The molecule has 3 aliphatic carbocycles. The molecule has 0 unspecified atom stereocenters. The molecule has 10 aromatic carbocycles. The van der Waals surface area contributed by atoms with Crippen molar-refractivity contribution >= 4 is 0 Å². The monoisotopic (exact) mass is 868 g/mol. The molecule has 68 heavy (non-hydrogen) atoms. The van der Waals surface area contributed by atoms with Crippen molar-refractivity contribution in [1.29, 1.82) is 0 Å². The first-order valence-corrected chi connectivity index (χ1v) is 24.3. The Morgan fingerprint density at radius 2 is 0.632 bits per heavy atom. The molecule has 0 aromatic heterocycles. The summed E-state index contributed by atoms with van der Waals surface area (Å²) in [4.78, 5) is 0. The van der Waals surface area contributed by atoms with Crippen molar-refractivity contribution in [3.8, 4) is 77.9 Å². The van der Waals surface area contributed by atoms with Crippen LogP contribution in [0.15, 0.2) is 224 Å². The van der Waals surface area contributed by atoms with E-state index in [9.17, 15) is 0 Å². The van der Waals surface area contributed by atoms with Gasteiger partial charge in [-0.25, -0.2) is 0 Å². The molecular weight excluding hydrogens is 817 g/mol. The molecule has 0 bridgehead atoms. The summed E-state index contributed by atoms with van der Waals surface area (Å²) in [5.74, 6) is 0. The number of hydrogen-bond donors (Lipinski definition) is 0. The third kappa shape index (κ3) is 5.55. The van der Waals surface area contributed by atoms with Crippen LogP contribution < -0.4 is 0 Å². The average molecular weight is 869 g/mol. The fourth-order valence-electron chi connectivity index (χ4n) is 13.0. The van der Waals surface area contributed by atoms with Crippen LogP contribution in [0.3, 0.4) is 0 Å². The zero-order chi connectivity index (χ0) is 45.9. The topological polar surface area (TPSA) is 0 Å². The molecule has 0 spiro atoms. The predicted molar refractivity (Wildman–Crippen MR) is 285 cm³/mol. The van der Waals surface area contributed by atoms with E-state index in [0.717, 1.165) is 0 Å². The highest BCUT2D eigenvalue weighted by Gasteiger charge is 2.48. The van der Waals surface area contributed by atoms with Crippen molar-refractivity contribution in [1.82, 2.24) is 0 Å². The summed E-state index contributed by atoms with van der Waals surface area (Å²) >= 11 is 0. The summed E-state index contributed by atoms with van der Waals surface area (Å²) < 4.78 is 0. The minimum Gasteiger partial charge on any atom is -0.0622 e. The third-order valence-corrected chi connectivity index (χ3v) is 16.1. The van der Waals surface area contributed by atoms with Gasteiger partial charge >= 0.3 is 0 Å². The Morgan fingerprint density at radius 3 is 1.19 bits per heavy atom. The molecular formula is C68H52. The van der Waals surface area contributed by atoms with E-state index in [1.807, 2.05) is 0 Å². The molecule has 0 fully saturated rings. The Labute approximate surface area is 401 Å². The molecule has 0 aliphatic heterocycles. The van der Waals surface area contributed by atoms with Crippen LogP contribution in [0.5, 0.6) is 0 Å². The Bertz CT molecular complexity index is 3540. The van der Waals surface area contributed by atoms with Crippen LogP contribution in [0.25, 0.3) is 77.9 Å². The number of aryl methyl sites for hydroxylation is 1. The molecule has 0 nitrogen and oxygen atoms in total. The summed E-state index contributed by atoms with van der Waals surface area (Å²) in [6, 6.07) is 85.1. The van der Waals surface area contributed by atoms with Crippen LogP contribution in [0.2, 0.25) is 0 Å². The lowest BCUT2D eigenvalue weighted by molar-refractivity contribution is 0.660. The van der Waals surface area contributed by atoms with Crippen molar-refractivity contribution < 1.29 is 0 Å². The molecule has 0 heteroatoms. The van der Waals surface area contributed by atoms with Crippen LogP contribution in [0.4, 0.5) is 0 Å². The molecule has 10 aromatic rings. The molecule has 3 aliphatic rings. The summed E-state index contributed by atoms with van der Waals surface area (Å²) in [7, 11) is 0. The van der Waals surface area contributed by atoms with E-state index in [0.29, 0.717) is 0 Å². The molecule has 0 amide bonds. The first-order valence-electron chi connectivity index (χ1n) is 24.3. The summed E-state index contributed by atoms with van der Waals surface area (Å²) in [6.45, 7) is 11.8. The van der Waals surface area contributed by atoms with Gasteiger partial charge in [-0.05, 0) is 147 Å². The van der Waals surface area contributed by atoms with Gasteiger partial charge in [-0.2, -0.15) is 0 Å². The number of hydrogen-bond acceptors (Lipinski definition) is 0. The lowest BCUT2D eigenvalue weighted by atomic mass is 9.66. The van der Waals surface area contributed by atoms with Gasteiger partial charge in [0.25, 0.3) is 0 Å². The average Bonchev–Trinajstić information content (AvgIpc) is 3.92. The Hall–Kier alpha value is -7.80. The lowest BCUT2D eigenvalue weighted by Gasteiger charge is -2.35. The first kappa shape index (κ1) is 40.5. The predicted octanol–water partition coefficient (Wildman–Crippen LogP) is 17.6. The van der Waals surface area contributed by atoms with E-state index >= 15 is 0 Å². The van der Waals surface area contributed by atoms with Crippen molar-refractivity contribution in [3.05, 3.63) is 275 Å². The maximum Gasteiger partial charge on any atom is 0.0714 e. The van der Waals surface area contributed by atoms with E-state index in [1.54, 1.807) is 0 Å². The minimum atomic E-state index is -0.662. The van der Waals surface area contributed by atoms with Crippen molar-refractivity contribution in [2.75, 3.05) is 0 Å². The van der Waals surface area contributed by atoms with Crippen LogP contribution >= 0.6 is 0 Å². The van der Waals surface area contributed by atoms with Crippen molar-refractivity contribution in [2.24, 2.45) is 0 Å². The Balaban J connectivity index is 1.11. The van der Waals surface area contributed by atoms with Gasteiger partial charge in [0, 0.05) is 10.8 Å². The smallest absolute Gasteiger partial charge is 0.0622 e. The van der Waals surface area contributed by atoms with Crippen LogP contribution in [0.1, 0.15) is 77.8 Å². The highest BCUT2D eigenvalue weighted by molar-refractivity contribution is 6.01. The third-order valence-electron chi connectivity index (χ3n) is 16.1. The first-order chi connectivity index (χ1) is 33.2. The van der Waals surface area contributed by atoms with Crippen LogP contribution in [-0.2, 0) is 16.2 Å². The lowest BCUT2D eigenvalue weighted by Crippen LogP contribution is -2.28. The molecule has 0 N–H and O–H groups in total. The van der Waals surface area contributed by atoms with E-state index in [1.165, 1.54) is 128 Å². The normalized spacial score (nSPS) is 14.9. The fourth-order valence-corrected chi connectivity index (χ4v) is 13.0. The zero-order valence-corrected chi connectivity index (χ0v) is 39.4. The van der Waals surface area contributed by atoms with E-state index in [2.05, 4.69) is 259 Å². The van der Waals surface area contributed by atoms with Gasteiger partial charge in [-0.1, -0.05) is 240 Å². The molecule has 13 rings (SSSR count). The second-order valence-corrected chi connectivity index (χ2v) is 20.3. The Morgan fingerprint density at radius 1 is 0.250 bits per heavy atom. The quantitative estimate of drug-likeness (QED) is 0.156. The second kappa shape index (κ2) is 14.9. The zero-order valence-electron chi connectivity index (χ0n) is 39.4. The van der Waals surface area contributed by atoms with Gasteiger partial charge in [0.05, 0.1) is 5.41 Å². The second-order valence-electron chi connectivity index (χ2n) is 20.3. The SMILES string of the molecule is Cc1cccc2c1-c1c(-c3ccccc3-c3ccccc3)cccc1C2(c1cccc(-c2cccc3c2-c2ccccc2C3(C)C)c1)c1cccc(-c2cccc3c2-c2ccccc2C3(C)C)c1. The van der Waals surface area contributed by atoms with Gasteiger partial charge in [0.1, 0.15) is 0 Å². The number of fused-ring (bicyclic) bond motifs is 9. The number of benzene rings is 10. The van der Waals surface area contributed by atoms with Gasteiger partial charge in [0.15, 0.2) is 0 Å².